The summed E-state index contributed by atoms with van der Waals surface area (Å²) < 4.78 is 5.21. The molecule has 2 atom stereocenters. The molecular weight excluding hydrogens is 132 g/mol. The average molecular weight is 146 g/mol. The van der Waals surface area contributed by atoms with Crippen molar-refractivity contribution in [2.24, 2.45) is 0 Å². The van der Waals surface area contributed by atoms with Crippen molar-refractivity contribution in [2.75, 3.05) is 13.2 Å². The highest BCUT2D eigenvalue weighted by Crippen LogP contribution is 2.12. The monoisotopic (exact) mass is 146 g/mol. The van der Waals surface area contributed by atoms with E-state index in [1.165, 1.54) is 0 Å². The molecule has 10 heavy (non-hydrogen) atoms. The van der Waals surface area contributed by atoms with E-state index in [2.05, 4.69) is 0 Å². The molecule has 0 radical (unpaired) electrons. The first-order valence-corrected chi connectivity index (χ1v) is 3.73. The van der Waals surface area contributed by atoms with Gasteiger partial charge in [-0.25, -0.2) is 0 Å². The lowest BCUT2D eigenvalue weighted by Gasteiger charge is -2.12. The van der Waals surface area contributed by atoms with Gasteiger partial charge in [0.15, 0.2) is 0 Å². The molecule has 1 saturated heterocycles. The molecule has 0 amide bonds. The van der Waals surface area contributed by atoms with Crippen molar-refractivity contribution in [3.63, 3.8) is 0 Å². The highest BCUT2D eigenvalue weighted by atomic mass is 16.5. The minimum Gasteiger partial charge on any atom is -0.394 e. The van der Waals surface area contributed by atoms with Crippen LogP contribution in [0.15, 0.2) is 0 Å². The first-order valence-electron chi connectivity index (χ1n) is 3.73. The molecule has 0 saturated carbocycles. The number of aliphatic hydroxyl groups excluding tert-OH is 2. The number of hydrogen-bond acceptors (Lipinski definition) is 3. The topological polar surface area (TPSA) is 49.7 Å². The Morgan fingerprint density at radius 2 is 2.30 bits per heavy atom. The Balaban J connectivity index is 2.30. The van der Waals surface area contributed by atoms with Crippen LogP contribution in [0.25, 0.3) is 0 Å². The van der Waals surface area contributed by atoms with Crippen LogP contribution in [0.3, 0.4) is 0 Å². The molecule has 0 aliphatic carbocycles. The number of rotatable bonds is 1. The van der Waals surface area contributed by atoms with Crippen LogP contribution >= 0.6 is 0 Å². The van der Waals surface area contributed by atoms with E-state index in [0.29, 0.717) is 13.0 Å². The van der Waals surface area contributed by atoms with E-state index in [4.69, 9.17) is 9.84 Å². The van der Waals surface area contributed by atoms with Crippen LogP contribution in [0.2, 0.25) is 0 Å². The van der Waals surface area contributed by atoms with Crippen molar-refractivity contribution < 1.29 is 14.9 Å². The maximum absolute atomic E-state index is 9.20. The van der Waals surface area contributed by atoms with E-state index >= 15 is 0 Å². The number of aliphatic hydroxyl groups is 2. The van der Waals surface area contributed by atoms with Crippen LogP contribution in [0.1, 0.15) is 19.3 Å². The van der Waals surface area contributed by atoms with Gasteiger partial charge in [0.1, 0.15) is 0 Å². The van der Waals surface area contributed by atoms with Crippen molar-refractivity contribution in [2.45, 2.75) is 31.5 Å². The lowest BCUT2D eigenvalue weighted by Crippen LogP contribution is -2.20. The van der Waals surface area contributed by atoms with E-state index in [1.807, 2.05) is 0 Å². The van der Waals surface area contributed by atoms with Gasteiger partial charge in [0, 0.05) is 13.0 Å². The molecule has 1 aliphatic rings. The molecule has 0 aromatic carbocycles. The van der Waals surface area contributed by atoms with E-state index in [0.717, 1.165) is 12.8 Å². The fourth-order valence-corrected chi connectivity index (χ4v) is 1.19. The van der Waals surface area contributed by atoms with E-state index in [-0.39, 0.29) is 18.8 Å². The summed E-state index contributed by atoms with van der Waals surface area (Å²) in [6.45, 7) is 0.694. The van der Waals surface area contributed by atoms with Crippen molar-refractivity contribution in [3.8, 4) is 0 Å². The molecule has 2 unspecified atom stereocenters. The van der Waals surface area contributed by atoms with Gasteiger partial charge in [0.05, 0.1) is 18.8 Å². The van der Waals surface area contributed by atoms with Gasteiger partial charge in [-0.05, 0) is 12.8 Å². The third-order valence-electron chi connectivity index (χ3n) is 1.77. The summed E-state index contributed by atoms with van der Waals surface area (Å²) in [5.74, 6) is 0. The molecule has 3 nitrogen and oxygen atoms in total. The van der Waals surface area contributed by atoms with Gasteiger partial charge < -0.3 is 14.9 Å². The van der Waals surface area contributed by atoms with E-state index < -0.39 is 0 Å². The molecule has 1 heterocycles. The van der Waals surface area contributed by atoms with Gasteiger partial charge in [-0.2, -0.15) is 0 Å². The molecule has 0 aromatic heterocycles. The zero-order chi connectivity index (χ0) is 7.40. The first kappa shape index (κ1) is 7.98. The second-order valence-electron chi connectivity index (χ2n) is 2.71. The molecule has 1 rings (SSSR count). The van der Waals surface area contributed by atoms with Crippen LogP contribution in [-0.2, 0) is 4.74 Å². The predicted octanol–water partition coefficient (Wildman–Crippen LogP) is -0.0913. The third kappa shape index (κ3) is 2.25. The van der Waals surface area contributed by atoms with Crippen LogP contribution < -0.4 is 0 Å². The Kier molecular flexibility index (Phi) is 3.12. The molecule has 60 valence electrons. The summed E-state index contributed by atoms with van der Waals surface area (Å²) in [6, 6.07) is 0. The molecule has 0 spiro atoms. The second-order valence-corrected chi connectivity index (χ2v) is 2.71. The predicted molar refractivity (Wildman–Crippen MR) is 36.7 cm³/mol. The van der Waals surface area contributed by atoms with Crippen LogP contribution in [0, 0.1) is 0 Å². The standard InChI is InChI=1S/C7H14O3/c8-5-7-4-6(9)2-1-3-10-7/h6-9H,1-5H2. The largest absolute Gasteiger partial charge is 0.394 e. The first-order chi connectivity index (χ1) is 4.83. The summed E-state index contributed by atoms with van der Waals surface area (Å²) in [7, 11) is 0. The maximum Gasteiger partial charge on any atom is 0.0830 e. The van der Waals surface area contributed by atoms with Crippen molar-refractivity contribution in [1.29, 1.82) is 0 Å². The molecule has 0 aromatic rings. The zero-order valence-electron chi connectivity index (χ0n) is 5.99. The van der Waals surface area contributed by atoms with Crippen LogP contribution in [0.5, 0.6) is 0 Å². The van der Waals surface area contributed by atoms with E-state index in [1.54, 1.807) is 0 Å². The SMILES string of the molecule is OCC1CC(O)CCCO1. The smallest absolute Gasteiger partial charge is 0.0830 e. The molecule has 1 aliphatic heterocycles. The second kappa shape index (κ2) is 3.91. The van der Waals surface area contributed by atoms with Gasteiger partial charge in [0.25, 0.3) is 0 Å². The summed E-state index contributed by atoms with van der Waals surface area (Å²) >= 11 is 0. The van der Waals surface area contributed by atoms with Crippen LogP contribution in [0.4, 0.5) is 0 Å². The molecule has 0 bridgehead atoms. The minimum absolute atomic E-state index is 0.0249. The Morgan fingerprint density at radius 3 is 3.00 bits per heavy atom. The fourth-order valence-electron chi connectivity index (χ4n) is 1.19. The summed E-state index contributed by atoms with van der Waals surface area (Å²) in [5.41, 5.74) is 0. The molecule has 2 N–H and O–H groups in total. The van der Waals surface area contributed by atoms with Gasteiger partial charge in [-0.15, -0.1) is 0 Å². The number of hydrogen-bond donors (Lipinski definition) is 2. The molecule has 1 fully saturated rings. The third-order valence-corrected chi connectivity index (χ3v) is 1.77. The Hall–Kier alpha value is -0.120. The Morgan fingerprint density at radius 1 is 1.50 bits per heavy atom. The van der Waals surface area contributed by atoms with Crippen LogP contribution in [-0.4, -0.2) is 35.6 Å². The highest BCUT2D eigenvalue weighted by molar-refractivity contribution is 4.67. The zero-order valence-corrected chi connectivity index (χ0v) is 5.99. The van der Waals surface area contributed by atoms with Gasteiger partial charge in [-0.1, -0.05) is 0 Å². The normalized spacial score (nSPS) is 35.4. The lowest BCUT2D eigenvalue weighted by molar-refractivity contribution is 0.00350. The van der Waals surface area contributed by atoms with Gasteiger partial charge in [0.2, 0.25) is 0 Å². The van der Waals surface area contributed by atoms with Gasteiger partial charge >= 0.3 is 0 Å². The summed E-state index contributed by atoms with van der Waals surface area (Å²) in [6.07, 6.45) is 1.86. The maximum atomic E-state index is 9.20. The highest BCUT2D eigenvalue weighted by Gasteiger charge is 2.17. The summed E-state index contributed by atoms with van der Waals surface area (Å²) in [5, 5.41) is 17.9. The molecular formula is C7H14O3. The Labute approximate surface area is 60.6 Å². The quantitative estimate of drug-likeness (QED) is 0.543. The van der Waals surface area contributed by atoms with Crippen molar-refractivity contribution in [3.05, 3.63) is 0 Å². The van der Waals surface area contributed by atoms with Crippen molar-refractivity contribution in [1.82, 2.24) is 0 Å². The lowest BCUT2D eigenvalue weighted by atomic mass is 10.1. The van der Waals surface area contributed by atoms with Crippen molar-refractivity contribution >= 4 is 0 Å². The fraction of sp³-hybridized carbons (Fsp3) is 1.00. The number of ether oxygens (including phenoxy) is 1. The Bertz CT molecular complexity index is 94.9. The van der Waals surface area contributed by atoms with Gasteiger partial charge in [-0.3, -0.25) is 0 Å². The minimum atomic E-state index is -0.278. The average Bonchev–Trinajstić information content (AvgIpc) is 2.13. The molecule has 3 heteroatoms. The van der Waals surface area contributed by atoms with E-state index in [9.17, 15) is 5.11 Å². The summed E-state index contributed by atoms with van der Waals surface area (Å²) in [4.78, 5) is 0.